The molecular formula is C27H31N3O5. The van der Waals surface area contributed by atoms with Gasteiger partial charge in [-0.1, -0.05) is 25.3 Å². The standard InChI is InChI=1S/C27H31N3O5/c1-33-20-13-14-22(24(17-20)34-2)25(26(31)29-19-9-4-3-5-10-19)30(18-21-11-8-16-35-21)27(32)23-12-6-7-15-28-23/h6-8,11-17,19,25H,3-5,9-10,18H2,1-2H3,(H,29,31)/t25-/m1/s1. The Morgan fingerprint density at radius 3 is 2.57 bits per heavy atom. The minimum Gasteiger partial charge on any atom is -0.497 e. The van der Waals surface area contributed by atoms with Gasteiger partial charge in [0.15, 0.2) is 0 Å². The van der Waals surface area contributed by atoms with Gasteiger partial charge in [-0.3, -0.25) is 14.6 Å². The first-order chi connectivity index (χ1) is 17.1. The molecule has 0 radical (unpaired) electrons. The second kappa shape index (κ2) is 11.6. The Morgan fingerprint density at radius 2 is 1.91 bits per heavy atom. The average molecular weight is 478 g/mol. The summed E-state index contributed by atoms with van der Waals surface area (Å²) in [5.41, 5.74) is 0.791. The van der Waals surface area contributed by atoms with E-state index < -0.39 is 6.04 Å². The van der Waals surface area contributed by atoms with Crippen LogP contribution in [0, 0.1) is 0 Å². The Bertz CT molecular complexity index is 1110. The predicted molar refractivity (Wildman–Crippen MR) is 130 cm³/mol. The van der Waals surface area contributed by atoms with E-state index in [0.29, 0.717) is 22.8 Å². The monoisotopic (exact) mass is 477 g/mol. The number of pyridine rings is 1. The number of hydrogen-bond donors (Lipinski definition) is 1. The Balaban J connectivity index is 1.78. The van der Waals surface area contributed by atoms with Crippen molar-refractivity contribution < 1.29 is 23.5 Å². The highest BCUT2D eigenvalue weighted by Gasteiger charge is 2.36. The van der Waals surface area contributed by atoms with Crippen LogP contribution in [0.1, 0.15) is 60.0 Å². The minimum atomic E-state index is -0.975. The third-order valence-corrected chi connectivity index (χ3v) is 6.30. The fraction of sp³-hybridized carbons (Fsp3) is 0.370. The van der Waals surface area contributed by atoms with Gasteiger partial charge in [0.2, 0.25) is 5.91 Å². The summed E-state index contributed by atoms with van der Waals surface area (Å²) in [4.78, 5) is 33.4. The summed E-state index contributed by atoms with van der Waals surface area (Å²) < 4.78 is 16.6. The Labute approximate surface area is 205 Å². The number of benzene rings is 1. The van der Waals surface area contributed by atoms with E-state index in [1.54, 1.807) is 68.1 Å². The molecule has 1 fully saturated rings. The fourth-order valence-corrected chi connectivity index (χ4v) is 4.51. The molecule has 1 aliphatic rings. The van der Waals surface area contributed by atoms with Gasteiger partial charge in [-0.05, 0) is 49.2 Å². The molecule has 0 unspecified atom stereocenters. The van der Waals surface area contributed by atoms with Gasteiger partial charge in [0, 0.05) is 23.9 Å². The zero-order chi connectivity index (χ0) is 24.6. The van der Waals surface area contributed by atoms with Gasteiger partial charge in [0.1, 0.15) is 29.0 Å². The number of nitrogens with zero attached hydrogens (tertiary/aromatic N) is 2. The number of ether oxygens (including phenoxy) is 2. The van der Waals surface area contributed by atoms with Crippen molar-refractivity contribution in [1.29, 1.82) is 0 Å². The van der Waals surface area contributed by atoms with E-state index in [1.807, 2.05) is 0 Å². The summed E-state index contributed by atoms with van der Waals surface area (Å²) in [5, 5.41) is 3.19. The first kappa shape index (κ1) is 24.3. The Hall–Kier alpha value is -3.81. The zero-order valence-electron chi connectivity index (χ0n) is 20.1. The highest BCUT2D eigenvalue weighted by molar-refractivity contribution is 5.96. The second-order valence-corrected chi connectivity index (χ2v) is 8.58. The highest BCUT2D eigenvalue weighted by atomic mass is 16.5. The molecule has 8 heteroatoms. The number of carbonyl (C=O) groups excluding carboxylic acids is 2. The summed E-state index contributed by atoms with van der Waals surface area (Å²) in [5.74, 6) is 0.939. The van der Waals surface area contributed by atoms with Crippen LogP contribution < -0.4 is 14.8 Å². The van der Waals surface area contributed by atoms with Crippen LogP contribution in [-0.4, -0.2) is 42.0 Å². The third-order valence-electron chi connectivity index (χ3n) is 6.30. The lowest BCUT2D eigenvalue weighted by Crippen LogP contribution is -2.47. The number of aromatic nitrogens is 1. The normalized spacial score (nSPS) is 14.7. The average Bonchev–Trinajstić information content (AvgIpc) is 3.42. The third kappa shape index (κ3) is 5.82. The van der Waals surface area contributed by atoms with E-state index in [0.717, 1.165) is 25.7 Å². The van der Waals surface area contributed by atoms with Gasteiger partial charge in [-0.2, -0.15) is 0 Å². The van der Waals surface area contributed by atoms with Gasteiger partial charge >= 0.3 is 0 Å². The van der Waals surface area contributed by atoms with Crippen molar-refractivity contribution in [2.75, 3.05) is 14.2 Å². The van der Waals surface area contributed by atoms with Crippen LogP contribution in [0.3, 0.4) is 0 Å². The predicted octanol–water partition coefficient (Wildman–Crippen LogP) is 4.52. The van der Waals surface area contributed by atoms with E-state index >= 15 is 0 Å². The van der Waals surface area contributed by atoms with Gasteiger partial charge in [0.25, 0.3) is 5.91 Å². The lowest BCUT2D eigenvalue weighted by molar-refractivity contribution is -0.127. The number of nitrogens with one attached hydrogen (secondary N) is 1. The van der Waals surface area contributed by atoms with E-state index in [4.69, 9.17) is 13.9 Å². The van der Waals surface area contributed by atoms with Crippen molar-refractivity contribution in [1.82, 2.24) is 15.2 Å². The summed E-state index contributed by atoms with van der Waals surface area (Å²) in [6.07, 6.45) is 8.27. The molecule has 1 saturated carbocycles. The lowest BCUT2D eigenvalue weighted by Gasteiger charge is -2.33. The molecule has 1 aromatic carbocycles. The summed E-state index contributed by atoms with van der Waals surface area (Å²) >= 11 is 0. The van der Waals surface area contributed by atoms with Crippen molar-refractivity contribution in [3.8, 4) is 11.5 Å². The molecule has 3 aromatic rings. The molecule has 184 valence electrons. The largest absolute Gasteiger partial charge is 0.497 e. The molecule has 1 aliphatic carbocycles. The van der Waals surface area contributed by atoms with Gasteiger partial charge < -0.3 is 24.1 Å². The summed E-state index contributed by atoms with van der Waals surface area (Å²) in [6.45, 7) is 0.0837. The molecule has 2 heterocycles. The SMILES string of the molecule is COc1ccc([C@H](C(=O)NC2CCCCC2)N(Cc2ccco2)C(=O)c2ccccn2)c(OC)c1. The van der Waals surface area contributed by atoms with E-state index in [2.05, 4.69) is 10.3 Å². The maximum absolute atomic E-state index is 13.9. The van der Waals surface area contributed by atoms with Crippen LogP contribution in [-0.2, 0) is 11.3 Å². The first-order valence-corrected chi connectivity index (χ1v) is 11.9. The maximum atomic E-state index is 13.9. The van der Waals surface area contributed by atoms with E-state index in [9.17, 15) is 9.59 Å². The van der Waals surface area contributed by atoms with Crippen molar-refractivity contribution >= 4 is 11.8 Å². The van der Waals surface area contributed by atoms with Gasteiger partial charge in [-0.25, -0.2) is 0 Å². The molecule has 4 rings (SSSR count). The number of methoxy groups -OCH3 is 2. The van der Waals surface area contributed by atoms with Crippen molar-refractivity contribution in [2.45, 2.75) is 50.7 Å². The van der Waals surface area contributed by atoms with Crippen molar-refractivity contribution in [3.05, 3.63) is 78.0 Å². The smallest absolute Gasteiger partial charge is 0.273 e. The summed E-state index contributed by atoms with van der Waals surface area (Å²) in [6, 6.07) is 13.0. The summed E-state index contributed by atoms with van der Waals surface area (Å²) in [7, 11) is 3.10. The molecule has 0 spiro atoms. The highest BCUT2D eigenvalue weighted by Crippen LogP contribution is 2.35. The van der Waals surface area contributed by atoms with Crippen LogP contribution in [0.2, 0.25) is 0 Å². The first-order valence-electron chi connectivity index (χ1n) is 11.9. The molecule has 1 atom stereocenters. The Kier molecular flexibility index (Phi) is 8.03. The molecule has 2 aromatic heterocycles. The van der Waals surface area contributed by atoms with Crippen LogP contribution in [0.4, 0.5) is 0 Å². The number of amides is 2. The van der Waals surface area contributed by atoms with E-state index in [1.165, 1.54) is 18.4 Å². The van der Waals surface area contributed by atoms with Crippen LogP contribution in [0.25, 0.3) is 0 Å². The Morgan fingerprint density at radius 1 is 1.09 bits per heavy atom. The minimum absolute atomic E-state index is 0.0680. The quantitative estimate of drug-likeness (QED) is 0.487. The molecule has 0 saturated heterocycles. The molecule has 0 bridgehead atoms. The molecule has 1 N–H and O–H groups in total. The number of furan rings is 1. The second-order valence-electron chi connectivity index (χ2n) is 8.58. The molecule has 0 aliphatic heterocycles. The van der Waals surface area contributed by atoms with Crippen LogP contribution in [0.5, 0.6) is 11.5 Å². The molecular weight excluding hydrogens is 446 g/mol. The number of hydrogen-bond acceptors (Lipinski definition) is 6. The maximum Gasteiger partial charge on any atom is 0.273 e. The zero-order valence-corrected chi connectivity index (χ0v) is 20.1. The number of carbonyl (C=O) groups is 2. The lowest BCUT2D eigenvalue weighted by atomic mass is 9.94. The van der Waals surface area contributed by atoms with E-state index in [-0.39, 0.29) is 30.1 Å². The fourth-order valence-electron chi connectivity index (χ4n) is 4.51. The van der Waals surface area contributed by atoms with Crippen molar-refractivity contribution in [3.63, 3.8) is 0 Å². The molecule has 35 heavy (non-hydrogen) atoms. The van der Waals surface area contributed by atoms with Crippen LogP contribution >= 0.6 is 0 Å². The van der Waals surface area contributed by atoms with Gasteiger partial charge in [0.05, 0.1) is 27.0 Å². The van der Waals surface area contributed by atoms with Crippen molar-refractivity contribution in [2.24, 2.45) is 0 Å². The number of rotatable bonds is 9. The van der Waals surface area contributed by atoms with Gasteiger partial charge in [-0.15, -0.1) is 0 Å². The van der Waals surface area contributed by atoms with Crippen LogP contribution in [0.15, 0.2) is 65.4 Å². The topological polar surface area (TPSA) is 93.9 Å². The molecule has 8 nitrogen and oxygen atoms in total. The molecule has 2 amide bonds.